The minimum absolute atomic E-state index is 0.117. The average Bonchev–Trinajstić information content (AvgIpc) is 1.65. The molecule has 0 heterocycles. The van der Waals surface area contributed by atoms with Gasteiger partial charge >= 0.3 is 0 Å². The van der Waals surface area contributed by atoms with Crippen molar-refractivity contribution in [2.75, 3.05) is 5.88 Å². The Bertz CT molecular complexity index is 60.8. The Morgan fingerprint density at radius 2 is 2.50 bits per heavy atom. The second-order valence-corrected chi connectivity index (χ2v) is 1.51. The molecular formula is C5H6Cl. The van der Waals surface area contributed by atoms with Gasteiger partial charge in [-0.3, -0.25) is 0 Å². The van der Waals surface area contributed by atoms with Crippen molar-refractivity contribution in [3.63, 3.8) is 0 Å². The summed E-state index contributed by atoms with van der Waals surface area (Å²) < 4.78 is 0. The summed E-state index contributed by atoms with van der Waals surface area (Å²) in [6.45, 7) is 1.85. The quantitative estimate of drug-likeness (QED) is 0.347. The third-order valence-corrected chi connectivity index (χ3v) is 0.941. The van der Waals surface area contributed by atoms with Crippen molar-refractivity contribution in [1.82, 2.24) is 0 Å². The van der Waals surface area contributed by atoms with Crippen molar-refractivity contribution in [3.8, 4) is 5.92 Å². The molecule has 1 atom stereocenters. The summed E-state index contributed by atoms with van der Waals surface area (Å²) in [5, 5.41) is 0. The van der Waals surface area contributed by atoms with Gasteiger partial charge in [0.1, 0.15) is 0 Å². The van der Waals surface area contributed by atoms with Gasteiger partial charge < -0.3 is 0 Å². The second-order valence-electron chi connectivity index (χ2n) is 1.20. The first-order valence-corrected chi connectivity index (χ1v) is 2.33. The third-order valence-electron chi connectivity index (χ3n) is 0.478. The van der Waals surface area contributed by atoms with Crippen LogP contribution in [0.1, 0.15) is 6.92 Å². The number of hydrogen-bond acceptors (Lipinski definition) is 0. The minimum atomic E-state index is 0.117. The molecule has 0 bridgehead atoms. The zero-order valence-electron chi connectivity index (χ0n) is 3.66. The van der Waals surface area contributed by atoms with E-state index in [0.717, 1.165) is 0 Å². The van der Waals surface area contributed by atoms with Crippen LogP contribution in [0.5, 0.6) is 0 Å². The van der Waals surface area contributed by atoms with Gasteiger partial charge in [-0.25, -0.2) is 0 Å². The molecule has 0 fully saturated rings. The molecule has 33 valence electrons. The van der Waals surface area contributed by atoms with E-state index in [9.17, 15) is 0 Å². The van der Waals surface area contributed by atoms with Gasteiger partial charge in [-0.2, -0.15) is 0 Å². The molecule has 0 aliphatic carbocycles. The molecule has 0 nitrogen and oxygen atoms in total. The van der Waals surface area contributed by atoms with E-state index < -0.39 is 0 Å². The Morgan fingerprint density at radius 1 is 2.00 bits per heavy atom. The number of rotatable bonds is 1. The van der Waals surface area contributed by atoms with Crippen molar-refractivity contribution >= 4 is 11.6 Å². The van der Waals surface area contributed by atoms with Gasteiger partial charge in [-0.05, 0) is 6.42 Å². The fourth-order valence-electron chi connectivity index (χ4n) is 0.0386. The molecule has 0 aromatic heterocycles. The second kappa shape index (κ2) is 3.06. The van der Waals surface area contributed by atoms with Crippen LogP contribution in [0.4, 0.5) is 0 Å². The van der Waals surface area contributed by atoms with E-state index >= 15 is 0 Å². The molecule has 1 unspecified atom stereocenters. The Labute approximate surface area is 43.5 Å². The molecule has 0 saturated heterocycles. The zero-order valence-corrected chi connectivity index (χ0v) is 4.42. The van der Waals surface area contributed by atoms with E-state index in [0.29, 0.717) is 5.88 Å². The van der Waals surface area contributed by atoms with Crippen LogP contribution in [-0.4, -0.2) is 5.88 Å². The Balaban J connectivity index is 3.04. The van der Waals surface area contributed by atoms with Crippen molar-refractivity contribution in [3.05, 3.63) is 6.42 Å². The van der Waals surface area contributed by atoms with E-state index in [4.69, 9.17) is 18.0 Å². The van der Waals surface area contributed by atoms with Gasteiger partial charge in [0.05, 0.1) is 0 Å². The maximum atomic E-state index is 6.47. The predicted molar refractivity (Wildman–Crippen MR) is 27.0 cm³/mol. The molecule has 0 aromatic carbocycles. The minimum Gasteiger partial charge on any atom is -0.125 e. The lowest BCUT2D eigenvalue weighted by Gasteiger charge is -1.88. The molecule has 0 N–H and O–H groups in total. The summed E-state index contributed by atoms with van der Waals surface area (Å²) in [5.74, 6) is 2.85. The van der Waals surface area contributed by atoms with Crippen molar-refractivity contribution in [2.24, 2.45) is 5.92 Å². The summed E-state index contributed by atoms with van der Waals surface area (Å²) in [5.41, 5.74) is 0. The maximum absolute atomic E-state index is 6.47. The van der Waals surface area contributed by atoms with Crippen LogP contribution in [0.15, 0.2) is 0 Å². The monoisotopic (exact) mass is 101 g/mol. The average molecular weight is 102 g/mol. The molecule has 0 aliphatic heterocycles. The van der Waals surface area contributed by atoms with Gasteiger partial charge in [0.25, 0.3) is 0 Å². The van der Waals surface area contributed by atoms with Crippen molar-refractivity contribution < 1.29 is 0 Å². The van der Waals surface area contributed by atoms with Gasteiger partial charge in [0.2, 0.25) is 0 Å². The third kappa shape index (κ3) is 2.11. The van der Waals surface area contributed by atoms with Crippen LogP contribution in [-0.2, 0) is 0 Å². The first-order valence-electron chi connectivity index (χ1n) is 1.79. The van der Waals surface area contributed by atoms with Crippen LogP contribution in [0.3, 0.4) is 0 Å². The molecule has 0 amide bonds. The number of alkyl halides is 1. The summed E-state index contributed by atoms with van der Waals surface area (Å²) in [6.07, 6.45) is 6.47. The lowest BCUT2D eigenvalue weighted by Crippen LogP contribution is -1.87. The first kappa shape index (κ1) is 5.85. The van der Waals surface area contributed by atoms with E-state index in [-0.39, 0.29) is 5.92 Å². The van der Waals surface area contributed by atoms with Crippen molar-refractivity contribution in [1.29, 1.82) is 0 Å². The molecule has 1 radical (unpaired) electrons. The largest absolute Gasteiger partial charge is 0.125 e. The number of halogens is 1. The van der Waals surface area contributed by atoms with E-state index in [1.807, 2.05) is 6.92 Å². The highest BCUT2D eigenvalue weighted by atomic mass is 35.5. The standard InChI is InChI=1S/C5H6Cl/c1-3-5(2)4-6/h5H,4H2,2H3. The molecule has 0 saturated carbocycles. The van der Waals surface area contributed by atoms with Gasteiger partial charge in [0.15, 0.2) is 0 Å². The lowest BCUT2D eigenvalue weighted by atomic mass is 10.2. The Kier molecular flexibility index (Phi) is 2.98. The summed E-state index contributed by atoms with van der Waals surface area (Å²) in [4.78, 5) is 0. The van der Waals surface area contributed by atoms with Crippen LogP contribution >= 0.6 is 11.6 Å². The zero-order chi connectivity index (χ0) is 4.99. The van der Waals surface area contributed by atoms with E-state index in [1.54, 1.807) is 0 Å². The maximum Gasteiger partial charge on any atom is 0.0359 e. The normalized spacial score (nSPS) is 12.8. The molecule has 1 heteroatoms. The highest BCUT2D eigenvalue weighted by Crippen LogP contribution is 1.92. The van der Waals surface area contributed by atoms with Crippen LogP contribution in [0, 0.1) is 18.3 Å². The summed E-state index contributed by atoms with van der Waals surface area (Å²) >= 11 is 5.27. The highest BCUT2D eigenvalue weighted by Gasteiger charge is 1.87. The topological polar surface area (TPSA) is 0 Å². The molecule has 0 aliphatic rings. The van der Waals surface area contributed by atoms with Crippen LogP contribution in [0.2, 0.25) is 0 Å². The first-order chi connectivity index (χ1) is 2.81. The van der Waals surface area contributed by atoms with E-state index in [2.05, 4.69) is 5.92 Å². The SMILES string of the molecule is [C]#CC(C)CCl. The molecule has 0 aromatic rings. The summed E-state index contributed by atoms with van der Waals surface area (Å²) in [6, 6.07) is 0. The van der Waals surface area contributed by atoms with Crippen LogP contribution in [0.25, 0.3) is 0 Å². The fourth-order valence-corrected chi connectivity index (χ4v) is 0.116. The van der Waals surface area contributed by atoms with Crippen molar-refractivity contribution in [2.45, 2.75) is 6.92 Å². The number of hydrogen-bond donors (Lipinski definition) is 0. The molecule has 0 rings (SSSR count). The highest BCUT2D eigenvalue weighted by molar-refractivity contribution is 6.18. The van der Waals surface area contributed by atoms with E-state index in [1.165, 1.54) is 0 Å². The molecule has 6 heavy (non-hydrogen) atoms. The van der Waals surface area contributed by atoms with Gasteiger partial charge in [-0.15, -0.1) is 11.6 Å². The molecular weight excluding hydrogens is 95.5 g/mol. The Morgan fingerprint density at radius 3 is 2.50 bits per heavy atom. The lowest BCUT2D eigenvalue weighted by molar-refractivity contribution is 0.875. The summed E-state index contributed by atoms with van der Waals surface area (Å²) in [7, 11) is 0. The predicted octanol–water partition coefficient (Wildman–Crippen LogP) is 1.45. The van der Waals surface area contributed by atoms with Crippen LogP contribution < -0.4 is 0 Å². The Hall–Kier alpha value is -0.150. The molecule has 0 spiro atoms. The van der Waals surface area contributed by atoms with Gasteiger partial charge in [-0.1, -0.05) is 12.8 Å². The fraction of sp³-hybridized carbons (Fsp3) is 0.600. The van der Waals surface area contributed by atoms with Gasteiger partial charge in [0, 0.05) is 11.8 Å². The smallest absolute Gasteiger partial charge is 0.0359 e.